The highest BCUT2D eigenvalue weighted by molar-refractivity contribution is 5.97. The lowest BCUT2D eigenvalue weighted by atomic mass is 10.1. The second-order valence-electron chi connectivity index (χ2n) is 6.43. The number of rotatable bonds is 4. The van der Waals surface area contributed by atoms with E-state index in [1.807, 2.05) is 29.7 Å². The largest absolute Gasteiger partial charge is 0.359 e. The maximum absolute atomic E-state index is 12.8. The third-order valence-corrected chi connectivity index (χ3v) is 4.74. The Morgan fingerprint density at radius 3 is 3.00 bits per heavy atom. The molecule has 0 bridgehead atoms. The van der Waals surface area contributed by atoms with Crippen molar-refractivity contribution < 1.29 is 9.32 Å². The van der Waals surface area contributed by atoms with Crippen molar-refractivity contribution in [2.45, 2.75) is 32.9 Å². The zero-order chi connectivity index (χ0) is 17.6. The minimum absolute atomic E-state index is 0.198. The number of para-hydroxylation sites is 1. The van der Waals surface area contributed by atoms with Gasteiger partial charge >= 0.3 is 0 Å². The fourth-order valence-electron chi connectivity index (χ4n) is 3.42. The summed E-state index contributed by atoms with van der Waals surface area (Å²) in [6, 6.07) is 7.55. The van der Waals surface area contributed by atoms with Gasteiger partial charge < -0.3 is 14.0 Å². The second kappa shape index (κ2) is 5.88. The molecule has 0 unspecified atom stereocenters. The lowest BCUT2D eigenvalue weighted by Gasteiger charge is -2.16. The number of hydrogen-bond donors (Lipinski definition) is 0. The number of amides is 1. The van der Waals surface area contributed by atoms with Crippen LogP contribution in [0.25, 0.3) is 10.9 Å². The Morgan fingerprint density at radius 1 is 1.40 bits per heavy atom. The van der Waals surface area contributed by atoms with Gasteiger partial charge in [0.1, 0.15) is 5.56 Å². The van der Waals surface area contributed by atoms with E-state index in [4.69, 9.17) is 4.52 Å². The van der Waals surface area contributed by atoms with Gasteiger partial charge in [-0.3, -0.25) is 9.59 Å². The number of pyridine rings is 1. The first kappa shape index (κ1) is 15.6. The van der Waals surface area contributed by atoms with Crippen molar-refractivity contribution in [2.75, 3.05) is 7.05 Å². The normalized spacial score (nSPS) is 12.7. The van der Waals surface area contributed by atoms with Gasteiger partial charge in [-0.2, -0.15) is 0 Å². The first-order chi connectivity index (χ1) is 12.1. The van der Waals surface area contributed by atoms with Gasteiger partial charge in [0.05, 0.1) is 17.8 Å². The molecule has 128 valence electrons. The van der Waals surface area contributed by atoms with Crippen LogP contribution in [-0.4, -0.2) is 27.6 Å². The molecule has 0 aliphatic carbocycles. The Bertz CT molecular complexity index is 1030. The highest BCUT2D eigenvalue weighted by Crippen LogP contribution is 2.24. The average Bonchev–Trinajstić information content (AvgIpc) is 3.25. The maximum Gasteiger partial charge on any atom is 0.259 e. The third kappa shape index (κ3) is 2.54. The molecule has 0 fully saturated rings. The topological polar surface area (TPSA) is 68.3 Å². The predicted molar refractivity (Wildman–Crippen MR) is 93.6 cm³/mol. The summed E-state index contributed by atoms with van der Waals surface area (Å²) >= 11 is 0. The van der Waals surface area contributed by atoms with Crippen molar-refractivity contribution >= 4 is 16.8 Å². The summed E-state index contributed by atoms with van der Waals surface area (Å²) in [5, 5.41) is 4.55. The summed E-state index contributed by atoms with van der Waals surface area (Å²) in [5.74, 6) is 0.308. The third-order valence-electron chi connectivity index (χ3n) is 4.74. The van der Waals surface area contributed by atoms with Crippen molar-refractivity contribution in [3.8, 4) is 0 Å². The lowest BCUT2D eigenvalue weighted by molar-refractivity contribution is 0.0770. The van der Waals surface area contributed by atoms with E-state index in [1.165, 1.54) is 4.90 Å². The van der Waals surface area contributed by atoms with Crippen LogP contribution in [0.1, 0.15) is 34.3 Å². The van der Waals surface area contributed by atoms with E-state index in [1.54, 1.807) is 19.3 Å². The van der Waals surface area contributed by atoms with Gasteiger partial charge in [0.2, 0.25) is 5.43 Å². The SMILES string of the molecule is CCc1cc(CN(C)C(=O)c2cn3c4c(cccc4c2=O)CC3)on1. The quantitative estimate of drug-likeness (QED) is 0.733. The first-order valence-electron chi connectivity index (χ1n) is 8.43. The zero-order valence-electron chi connectivity index (χ0n) is 14.3. The number of aromatic nitrogens is 2. The van der Waals surface area contributed by atoms with Crippen molar-refractivity contribution in [3.05, 3.63) is 63.3 Å². The smallest absolute Gasteiger partial charge is 0.259 e. The van der Waals surface area contributed by atoms with Gasteiger partial charge in [0.15, 0.2) is 5.76 Å². The highest BCUT2D eigenvalue weighted by Gasteiger charge is 2.23. The van der Waals surface area contributed by atoms with E-state index in [0.717, 1.165) is 36.2 Å². The summed E-state index contributed by atoms with van der Waals surface area (Å²) in [7, 11) is 1.67. The fourth-order valence-corrected chi connectivity index (χ4v) is 3.42. The number of hydrogen-bond acceptors (Lipinski definition) is 4. The monoisotopic (exact) mass is 337 g/mol. The minimum atomic E-state index is -0.303. The summed E-state index contributed by atoms with van der Waals surface area (Å²) in [6.45, 7) is 3.06. The molecule has 6 heteroatoms. The van der Waals surface area contributed by atoms with Crippen molar-refractivity contribution in [3.63, 3.8) is 0 Å². The van der Waals surface area contributed by atoms with Gasteiger partial charge in [0.25, 0.3) is 5.91 Å². The second-order valence-corrected chi connectivity index (χ2v) is 6.43. The molecular formula is C19H19N3O3. The van der Waals surface area contributed by atoms with E-state index in [2.05, 4.69) is 5.16 Å². The Hall–Kier alpha value is -2.89. The Morgan fingerprint density at radius 2 is 2.24 bits per heavy atom. The van der Waals surface area contributed by atoms with Crippen molar-refractivity contribution in [1.82, 2.24) is 14.6 Å². The Balaban J connectivity index is 1.69. The van der Waals surface area contributed by atoms with Crippen molar-refractivity contribution in [1.29, 1.82) is 0 Å². The fraction of sp³-hybridized carbons (Fsp3) is 0.316. The van der Waals surface area contributed by atoms with Gasteiger partial charge in [0, 0.05) is 31.2 Å². The van der Waals surface area contributed by atoms with Crippen LogP contribution in [0.2, 0.25) is 0 Å². The lowest BCUT2D eigenvalue weighted by Crippen LogP contribution is -2.31. The van der Waals surface area contributed by atoms with Crippen LogP contribution in [0.3, 0.4) is 0 Å². The molecule has 0 spiro atoms. The predicted octanol–water partition coefficient (Wildman–Crippen LogP) is 2.38. The van der Waals surface area contributed by atoms with Crippen LogP contribution in [0.5, 0.6) is 0 Å². The van der Waals surface area contributed by atoms with Crippen LogP contribution in [0.15, 0.2) is 39.8 Å². The molecule has 2 aromatic heterocycles. The molecule has 0 saturated heterocycles. The van der Waals surface area contributed by atoms with Crippen LogP contribution in [0.4, 0.5) is 0 Å². The van der Waals surface area contributed by atoms with E-state index < -0.39 is 0 Å². The Kier molecular flexibility index (Phi) is 3.67. The van der Waals surface area contributed by atoms with E-state index in [-0.39, 0.29) is 23.4 Å². The average molecular weight is 337 g/mol. The highest BCUT2D eigenvalue weighted by atomic mass is 16.5. The van der Waals surface area contributed by atoms with E-state index in [9.17, 15) is 9.59 Å². The zero-order valence-corrected chi connectivity index (χ0v) is 14.3. The molecule has 0 radical (unpaired) electrons. The van der Waals surface area contributed by atoms with Crippen molar-refractivity contribution in [2.24, 2.45) is 0 Å². The first-order valence-corrected chi connectivity index (χ1v) is 8.43. The summed E-state index contributed by atoms with van der Waals surface area (Å²) in [5.41, 5.74) is 2.95. The standard InChI is InChI=1S/C19H19N3O3/c1-3-13-9-14(25-20-13)10-21(2)19(24)16-11-22-8-7-12-5-4-6-15(17(12)22)18(16)23/h4-6,9,11H,3,7-8,10H2,1-2H3. The van der Waals surface area contributed by atoms with E-state index >= 15 is 0 Å². The van der Waals surface area contributed by atoms with Gasteiger partial charge in [-0.05, 0) is 24.5 Å². The van der Waals surface area contributed by atoms with Crippen LogP contribution in [0, 0.1) is 0 Å². The molecule has 0 N–H and O–H groups in total. The van der Waals surface area contributed by atoms with Gasteiger partial charge in [-0.15, -0.1) is 0 Å². The Labute approximate surface area is 144 Å². The molecule has 0 atom stereocenters. The number of carbonyl (C=O) groups is 1. The van der Waals surface area contributed by atoms with E-state index in [0.29, 0.717) is 11.1 Å². The minimum Gasteiger partial charge on any atom is -0.359 e. The molecular weight excluding hydrogens is 318 g/mol. The maximum atomic E-state index is 12.8. The molecule has 1 aliphatic heterocycles. The molecule has 1 aromatic carbocycles. The molecule has 1 amide bonds. The summed E-state index contributed by atoms with van der Waals surface area (Å²) in [6.07, 6.45) is 3.36. The molecule has 0 saturated carbocycles. The van der Waals surface area contributed by atoms with Gasteiger partial charge in [-0.25, -0.2) is 0 Å². The number of aryl methyl sites for hydroxylation is 3. The van der Waals surface area contributed by atoms with Gasteiger partial charge in [-0.1, -0.05) is 24.2 Å². The van der Waals surface area contributed by atoms with Crippen LogP contribution in [-0.2, 0) is 25.9 Å². The summed E-state index contributed by atoms with van der Waals surface area (Å²) < 4.78 is 7.25. The molecule has 6 nitrogen and oxygen atoms in total. The molecule has 25 heavy (non-hydrogen) atoms. The number of carbonyl (C=O) groups excluding carboxylic acids is 1. The van der Waals surface area contributed by atoms with Crippen LogP contribution < -0.4 is 5.43 Å². The molecule has 3 heterocycles. The molecule has 3 aromatic rings. The molecule has 4 rings (SSSR count). The number of nitrogens with zero attached hydrogens (tertiary/aromatic N) is 3. The molecule has 1 aliphatic rings. The number of benzene rings is 1. The van der Waals surface area contributed by atoms with Crippen LogP contribution >= 0.6 is 0 Å². The summed E-state index contributed by atoms with van der Waals surface area (Å²) in [4.78, 5) is 27.1.